The average molecular weight is 276 g/mol. The molecule has 8 heteroatoms. The molecule has 0 amide bonds. The second-order valence-electron chi connectivity index (χ2n) is 3.82. The fraction of sp³-hybridized carbons (Fsp3) is 0.250. The molecule has 0 atom stereocenters. The average Bonchev–Trinajstić information content (AvgIpc) is 2.53. The summed E-state index contributed by atoms with van der Waals surface area (Å²) in [5, 5.41) is 0. The third-order valence-corrected chi connectivity index (χ3v) is 2.66. The van der Waals surface area contributed by atoms with Gasteiger partial charge in [-0.15, -0.1) is 0 Å². The molecule has 20 heavy (non-hydrogen) atoms. The van der Waals surface area contributed by atoms with Crippen molar-refractivity contribution in [3.63, 3.8) is 0 Å². The lowest BCUT2D eigenvalue weighted by molar-refractivity contribution is 0.379. The van der Waals surface area contributed by atoms with E-state index in [1.807, 2.05) is 31.3 Å². The number of nitrogen functional groups attached to an aromatic ring is 1. The number of aromatic nitrogens is 3. The van der Waals surface area contributed by atoms with Crippen LogP contribution in [0.5, 0.6) is 11.8 Å². The van der Waals surface area contributed by atoms with Gasteiger partial charge in [-0.3, -0.25) is 5.43 Å². The highest BCUT2D eigenvalue weighted by Crippen LogP contribution is 2.31. The van der Waals surface area contributed by atoms with Crippen molar-refractivity contribution in [2.75, 3.05) is 31.6 Å². The number of rotatable bonds is 5. The van der Waals surface area contributed by atoms with E-state index in [1.54, 1.807) is 12.0 Å². The maximum Gasteiger partial charge on any atom is 0.322 e. The fourth-order valence-corrected chi connectivity index (χ4v) is 1.67. The molecular formula is C12H16N6O2. The molecule has 3 N–H and O–H groups in total. The highest BCUT2D eigenvalue weighted by molar-refractivity contribution is 5.65. The summed E-state index contributed by atoms with van der Waals surface area (Å²) in [5.74, 6) is 6.64. The van der Waals surface area contributed by atoms with Gasteiger partial charge in [0.1, 0.15) is 5.75 Å². The zero-order valence-corrected chi connectivity index (χ0v) is 11.5. The van der Waals surface area contributed by atoms with Crippen molar-refractivity contribution < 1.29 is 9.47 Å². The number of methoxy groups -OCH3 is 2. The number of anilines is 3. The summed E-state index contributed by atoms with van der Waals surface area (Å²) < 4.78 is 10.3. The molecule has 0 saturated heterocycles. The number of hydrogen-bond acceptors (Lipinski definition) is 8. The molecule has 1 aromatic carbocycles. The van der Waals surface area contributed by atoms with Gasteiger partial charge >= 0.3 is 6.01 Å². The number of hydrazine groups is 1. The monoisotopic (exact) mass is 276 g/mol. The molecule has 106 valence electrons. The Balaban J connectivity index is 2.44. The summed E-state index contributed by atoms with van der Waals surface area (Å²) in [6.07, 6.45) is 0. The van der Waals surface area contributed by atoms with Crippen LogP contribution < -0.4 is 25.6 Å². The van der Waals surface area contributed by atoms with Gasteiger partial charge in [-0.25, -0.2) is 5.84 Å². The Hall–Kier alpha value is -2.61. The summed E-state index contributed by atoms with van der Waals surface area (Å²) >= 11 is 0. The lowest BCUT2D eigenvalue weighted by atomic mass is 10.3. The van der Waals surface area contributed by atoms with E-state index in [0.29, 0.717) is 11.7 Å². The van der Waals surface area contributed by atoms with Gasteiger partial charge in [0.25, 0.3) is 0 Å². The van der Waals surface area contributed by atoms with Gasteiger partial charge in [-0.1, -0.05) is 12.1 Å². The van der Waals surface area contributed by atoms with Gasteiger partial charge in [0.05, 0.1) is 19.9 Å². The van der Waals surface area contributed by atoms with Crippen LogP contribution in [0.25, 0.3) is 0 Å². The van der Waals surface area contributed by atoms with Crippen LogP contribution in [0.1, 0.15) is 0 Å². The zero-order valence-electron chi connectivity index (χ0n) is 11.5. The number of para-hydroxylation sites is 2. The lowest BCUT2D eigenvalue weighted by Gasteiger charge is -2.20. The maximum atomic E-state index is 5.34. The first-order valence-electron chi connectivity index (χ1n) is 5.83. The molecule has 0 bridgehead atoms. The van der Waals surface area contributed by atoms with Crippen LogP contribution in [0.3, 0.4) is 0 Å². The van der Waals surface area contributed by atoms with E-state index in [-0.39, 0.29) is 12.0 Å². The van der Waals surface area contributed by atoms with Gasteiger partial charge in [0, 0.05) is 7.05 Å². The number of ether oxygens (including phenoxy) is 2. The van der Waals surface area contributed by atoms with Crippen molar-refractivity contribution in [3.05, 3.63) is 24.3 Å². The van der Waals surface area contributed by atoms with Gasteiger partial charge in [0.2, 0.25) is 11.9 Å². The van der Waals surface area contributed by atoms with Crippen LogP contribution in [0.15, 0.2) is 24.3 Å². The summed E-state index contributed by atoms with van der Waals surface area (Å²) in [5.41, 5.74) is 3.19. The maximum absolute atomic E-state index is 5.34. The minimum atomic E-state index is 0.171. The Kier molecular flexibility index (Phi) is 4.16. The predicted octanol–water partition coefficient (Wildman–Crippen LogP) is 0.942. The first-order valence-corrected chi connectivity index (χ1v) is 5.83. The van der Waals surface area contributed by atoms with Crippen molar-refractivity contribution >= 4 is 17.6 Å². The van der Waals surface area contributed by atoms with Crippen molar-refractivity contribution in [2.24, 2.45) is 5.84 Å². The molecule has 1 aromatic heterocycles. The molecule has 0 aliphatic rings. The number of benzene rings is 1. The van der Waals surface area contributed by atoms with E-state index in [2.05, 4.69) is 20.4 Å². The molecular weight excluding hydrogens is 260 g/mol. The minimum Gasteiger partial charge on any atom is -0.495 e. The summed E-state index contributed by atoms with van der Waals surface area (Å²) in [7, 11) is 4.89. The van der Waals surface area contributed by atoms with Crippen LogP contribution in [0.4, 0.5) is 17.6 Å². The Morgan fingerprint density at radius 3 is 2.50 bits per heavy atom. The van der Waals surface area contributed by atoms with E-state index < -0.39 is 0 Å². The third-order valence-electron chi connectivity index (χ3n) is 2.66. The zero-order chi connectivity index (χ0) is 14.5. The standard InChI is InChI=1S/C12H16N6O2/c1-18(8-6-4-5-7-9(8)19-2)11-14-10(17-13)15-12(16-11)20-3/h4-7H,13H2,1-3H3,(H,14,15,16,17). The Labute approximate surface area is 116 Å². The van der Waals surface area contributed by atoms with Crippen LogP contribution in [0.2, 0.25) is 0 Å². The topological polar surface area (TPSA) is 98.4 Å². The smallest absolute Gasteiger partial charge is 0.322 e. The molecule has 0 aliphatic heterocycles. The molecule has 2 aromatic rings. The van der Waals surface area contributed by atoms with E-state index in [0.717, 1.165) is 5.69 Å². The molecule has 0 fully saturated rings. The van der Waals surface area contributed by atoms with Crippen molar-refractivity contribution in [1.29, 1.82) is 0 Å². The highest BCUT2D eigenvalue weighted by atomic mass is 16.5. The number of hydrogen-bond donors (Lipinski definition) is 2. The summed E-state index contributed by atoms with van der Waals surface area (Å²) in [6, 6.07) is 7.70. The van der Waals surface area contributed by atoms with E-state index >= 15 is 0 Å². The molecule has 0 saturated carbocycles. The van der Waals surface area contributed by atoms with Crippen molar-refractivity contribution in [1.82, 2.24) is 15.0 Å². The molecule has 0 spiro atoms. The second-order valence-corrected chi connectivity index (χ2v) is 3.82. The highest BCUT2D eigenvalue weighted by Gasteiger charge is 2.14. The van der Waals surface area contributed by atoms with Crippen LogP contribution in [-0.2, 0) is 0 Å². The van der Waals surface area contributed by atoms with Gasteiger partial charge < -0.3 is 14.4 Å². The SMILES string of the molecule is COc1nc(NN)nc(N(C)c2ccccc2OC)n1. The van der Waals surface area contributed by atoms with E-state index in [9.17, 15) is 0 Å². The number of nitrogens with one attached hydrogen (secondary N) is 1. The molecule has 2 rings (SSSR count). The van der Waals surface area contributed by atoms with Crippen molar-refractivity contribution in [3.8, 4) is 11.8 Å². The first-order chi connectivity index (χ1) is 9.69. The first kappa shape index (κ1) is 13.8. The minimum absolute atomic E-state index is 0.171. The van der Waals surface area contributed by atoms with Gasteiger partial charge in [0.15, 0.2) is 0 Å². The van der Waals surface area contributed by atoms with Gasteiger partial charge in [-0.2, -0.15) is 15.0 Å². The third kappa shape index (κ3) is 2.69. The Morgan fingerprint density at radius 1 is 1.10 bits per heavy atom. The van der Waals surface area contributed by atoms with Crippen LogP contribution >= 0.6 is 0 Å². The molecule has 1 heterocycles. The normalized spacial score (nSPS) is 10.0. The van der Waals surface area contributed by atoms with Crippen molar-refractivity contribution in [2.45, 2.75) is 0 Å². The van der Waals surface area contributed by atoms with E-state index in [4.69, 9.17) is 15.3 Å². The fourth-order valence-electron chi connectivity index (χ4n) is 1.67. The van der Waals surface area contributed by atoms with Gasteiger partial charge in [-0.05, 0) is 12.1 Å². The van der Waals surface area contributed by atoms with Crippen LogP contribution in [0, 0.1) is 0 Å². The molecule has 0 radical (unpaired) electrons. The van der Waals surface area contributed by atoms with Crippen LogP contribution in [-0.4, -0.2) is 36.2 Å². The predicted molar refractivity (Wildman–Crippen MR) is 75.2 cm³/mol. The number of nitrogens with two attached hydrogens (primary N) is 1. The molecule has 0 unspecified atom stereocenters. The lowest BCUT2D eigenvalue weighted by Crippen LogP contribution is -2.18. The quantitative estimate of drug-likeness (QED) is 0.615. The second kappa shape index (κ2) is 6.02. The molecule has 0 aliphatic carbocycles. The summed E-state index contributed by atoms with van der Waals surface area (Å²) in [6.45, 7) is 0. The number of nitrogens with zero attached hydrogens (tertiary/aromatic N) is 4. The van der Waals surface area contributed by atoms with E-state index in [1.165, 1.54) is 7.11 Å². The Morgan fingerprint density at radius 2 is 1.85 bits per heavy atom. The molecule has 8 nitrogen and oxygen atoms in total. The largest absolute Gasteiger partial charge is 0.495 e. The Bertz CT molecular complexity index is 570. The summed E-state index contributed by atoms with van der Waals surface area (Å²) in [4.78, 5) is 14.1.